The Bertz CT molecular complexity index is 933. The molecule has 3 rings (SSSR count). The maximum atomic E-state index is 12.3. The fourth-order valence-electron chi connectivity index (χ4n) is 1.99. The molecule has 3 aromatic rings. The van der Waals surface area contributed by atoms with Gasteiger partial charge in [-0.15, -0.1) is 10.2 Å². The van der Waals surface area contributed by atoms with E-state index >= 15 is 0 Å². The van der Waals surface area contributed by atoms with Crippen molar-refractivity contribution in [3.63, 3.8) is 0 Å². The summed E-state index contributed by atoms with van der Waals surface area (Å²) in [5.74, 6) is 0.653. The Labute approximate surface area is 150 Å². The van der Waals surface area contributed by atoms with E-state index in [1.165, 1.54) is 30.3 Å². The number of benzene rings is 1. The van der Waals surface area contributed by atoms with Crippen LogP contribution in [0.1, 0.15) is 5.56 Å². The smallest absolute Gasteiger partial charge is 0.263 e. The van der Waals surface area contributed by atoms with E-state index in [1.54, 1.807) is 18.5 Å². The molecule has 9 heteroatoms. The van der Waals surface area contributed by atoms with Crippen molar-refractivity contribution in [3.05, 3.63) is 71.5 Å². The van der Waals surface area contributed by atoms with Crippen molar-refractivity contribution in [2.75, 3.05) is 10.0 Å². The predicted molar refractivity (Wildman–Crippen MR) is 95.9 cm³/mol. The summed E-state index contributed by atoms with van der Waals surface area (Å²) in [5.41, 5.74) is 0.997. The van der Waals surface area contributed by atoms with Gasteiger partial charge in [0.1, 0.15) is 5.82 Å². The number of aromatic nitrogens is 3. The lowest BCUT2D eigenvalue weighted by Gasteiger charge is -2.08. The first-order valence-corrected chi connectivity index (χ1v) is 9.14. The molecular weight excluding hydrogens is 362 g/mol. The fraction of sp³-hybridized carbons (Fsp3) is 0.0625. The van der Waals surface area contributed by atoms with Crippen molar-refractivity contribution in [1.82, 2.24) is 15.2 Å². The predicted octanol–water partition coefficient (Wildman–Crippen LogP) is 2.94. The van der Waals surface area contributed by atoms with Crippen LogP contribution in [0.2, 0.25) is 5.02 Å². The number of halogens is 1. The average molecular weight is 376 g/mol. The van der Waals surface area contributed by atoms with Gasteiger partial charge in [0.25, 0.3) is 10.0 Å². The second-order valence-corrected chi connectivity index (χ2v) is 7.20. The maximum Gasteiger partial charge on any atom is 0.263 e. The number of pyridine rings is 1. The second-order valence-electron chi connectivity index (χ2n) is 5.08. The molecule has 0 saturated carbocycles. The molecule has 0 saturated heterocycles. The standard InChI is InChI=1S/C16H14ClN5O2S/c17-13-3-5-14(6-4-13)25(23,24)22-16-8-7-15(20-21-16)19-11-12-2-1-9-18-10-12/h1-10H,11H2,(H,19,20)(H,21,22). The normalized spacial score (nSPS) is 11.1. The van der Waals surface area contributed by atoms with Gasteiger partial charge in [-0.05, 0) is 48.0 Å². The van der Waals surface area contributed by atoms with Gasteiger partial charge >= 0.3 is 0 Å². The fourth-order valence-corrected chi connectivity index (χ4v) is 3.11. The number of sulfonamides is 1. The Hall–Kier alpha value is -2.71. The molecule has 0 radical (unpaired) electrons. The first kappa shape index (κ1) is 17.1. The summed E-state index contributed by atoms with van der Waals surface area (Å²) in [6.07, 6.45) is 3.44. The SMILES string of the molecule is O=S(=O)(Nc1ccc(NCc2cccnc2)nn1)c1ccc(Cl)cc1. The number of hydrogen-bond donors (Lipinski definition) is 2. The van der Waals surface area contributed by atoms with E-state index in [1.807, 2.05) is 12.1 Å². The van der Waals surface area contributed by atoms with Crippen LogP contribution in [0.3, 0.4) is 0 Å². The quantitative estimate of drug-likeness (QED) is 0.687. The van der Waals surface area contributed by atoms with Gasteiger partial charge in [0.05, 0.1) is 4.90 Å². The Balaban J connectivity index is 1.65. The zero-order valence-electron chi connectivity index (χ0n) is 12.9. The van der Waals surface area contributed by atoms with Crippen LogP contribution in [0.5, 0.6) is 0 Å². The minimum absolute atomic E-state index is 0.0949. The lowest BCUT2D eigenvalue weighted by Crippen LogP contribution is -2.14. The molecule has 0 aliphatic heterocycles. The van der Waals surface area contributed by atoms with Gasteiger partial charge in [-0.3, -0.25) is 9.71 Å². The molecule has 0 amide bonds. The van der Waals surface area contributed by atoms with Crippen molar-refractivity contribution >= 4 is 33.3 Å². The molecule has 2 N–H and O–H groups in total. The molecule has 25 heavy (non-hydrogen) atoms. The molecule has 0 spiro atoms. The van der Waals surface area contributed by atoms with E-state index in [-0.39, 0.29) is 10.7 Å². The van der Waals surface area contributed by atoms with Crippen LogP contribution in [0.15, 0.2) is 65.8 Å². The number of rotatable bonds is 6. The molecular formula is C16H14ClN5O2S. The van der Waals surface area contributed by atoms with Gasteiger partial charge in [0.2, 0.25) is 0 Å². The first-order chi connectivity index (χ1) is 12.0. The molecule has 7 nitrogen and oxygen atoms in total. The zero-order chi connectivity index (χ0) is 17.7. The van der Waals surface area contributed by atoms with Crippen LogP contribution in [0.25, 0.3) is 0 Å². The van der Waals surface area contributed by atoms with Crippen LogP contribution >= 0.6 is 11.6 Å². The van der Waals surface area contributed by atoms with Crippen molar-refractivity contribution in [1.29, 1.82) is 0 Å². The molecule has 1 aromatic carbocycles. The number of nitrogens with one attached hydrogen (secondary N) is 2. The minimum atomic E-state index is -3.74. The Morgan fingerprint density at radius 3 is 2.32 bits per heavy atom. The van der Waals surface area contributed by atoms with E-state index in [4.69, 9.17) is 11.6 Å². The molecule has 2 aromatic heterocycles. The van der Waals surface area contributed by atoms with Crippen molar-refractivity contribution in [2.24, 2.45) is 0 Å². The maximum absolute atomic E-state index is 12.3. The van der Waals surface area contributed by atoms with Gasteiger partial charge in [-0.25, -0.2) is 8.42 Å². The van der Waals surface area contributed by atoms with Crippen LogP contribution in [-0.4, -0.2) is 23.6 Å². The van der Waals surface area contributed by atoms with Crippen LogP contribution in [-0.2, 0) is 16.6 Å². The van der Waals surface area contributed by atoms with Gasteiger partial charge in [-0.2, -0.15) is 0 Å². The van der Waals surface area contributed by atoms with E-state index in [9.17, 15) is 8.42 Å². The highest BCUT2D eigenvalue weighted by Gasteiger charge is 2.14. The topological polar surface area (TPSA) is 96.9 Å². The van der Waals surface area contributed by atoms with E-state index in [2.05, 4.69) is 25.2 Å². The van der Waals surface area contributed by atoms with Gasteiger partial charge < -0.3 is 5.32 Å². The summed E-state index contributed by atoms with van der Waals surface area (Å²) in [7, 11) is -3.74. The first-order valence-electron chi connectivity index (χ1n) is 7.28. The van der Waals surface area contributed by atoms with Crippen LogP contribution in [0.4, 0.5) is 11.6 Å². The molecule has 0 unspecified atom stereocenters. The summed E-state index contributed by atoms with van der Waals surface area (Å²) >= 11 is 5.76. The van der Waals surface area contributed by atoms with E-state index in [0.29, 0.717) is 17.4 Å². The number of anilines is 2. The highest BCUT2D eigenvalue weighted by Crippen LogP contribution is 2.17. The number of hydrogen-bond acceptors (Lipinski definition) is 6. The third kappa shape index (κ3) is 4.65. The van der Waals surface area contributed by atoms with Crippen molar-refractivity contribution < 1.29 is 8.42 Å². The van der Waals surface area contributed by atoms with E-state index in [0.717, 1.165) is 5.56 Å². The van der Waals surface area contributed by atoms with E-state index < -0.39 is 10.0 Å². The molecule has 128 valence electrons. The molecule has 0 fully saturated rings. The van der Waals surface area contributed by atoms with Crippen LogP contribution < -0.4 is 10.0 Å². The van der Waals surface area contributed by atoms with Gasteiger partial charge in [0, 0.05) is 24.0 Å². The summed E-state index contributed by atoms with van der Waals surface area (Å²) in [6.45, 7) is 0.540. The Morgan fingerprint density at radius 1 is 0.960 bits per heavy atom. The molecule has 0 bridgehead atoms. The summed E-state index contributed by atoms with van der Waals surface area (Å²) in [5, 5.41) is 11.4. The zero-order valence-corrected chi connectivity index (χ0v) is 14.5. The molecule has 2 heterocycles. The van der Waals surface area contributed by atoms with Gasteiger partial charge in [0.15, 0.2) is 5.82 Å². The van der Waals surface area contributed by atoms with Crippen molar-refractivity contribution in [2.45, 2.75) is 11.4 Å². The van der Waals surface area contributed by atoms with Crippen LogP contribution in [0, 0.1) is 0 Å². The monoisotopic (exact) mass is 375 g/mol. The third-order valence-electron chi connectivity index (χ3n) is 3.22. The average Bonchev–Trinajstić information content (AvgIpc) is 2.62. The second kappa shape index (κ2) is 7.45. The lowest BCUT2D eigenvalue weighted by atomic mass is 10.3. The summed E-state index contributed by atoms with van der Waals surface area (Å²) in [6, 6.07) is 12.8. The molecule has 0 aliphatic carbocycles. The highest BCUT2D eigenvalue weighted by atomic mass is 35.5. The minimum Gasteiger partial charge on any atom is -0.364 e. The largest absolute Gasteiger partial charge is 0.364 e. The summed E-state index contributed by atoms with van der Waals surface area (Å²) in [4.78, 5) is 4.12. The highest BCUT2D eigenvalue weighted by molar-refractivity contribution is 7.92. The Kier molecular flexibility index (Phi) is 5.11. The van der Waals surface area contributed by atoms with Crippen molar-refractivity contribution in [3.8, 4) is 0 Å². The molecule has 0 aliphatic rings. The molecule has 0 atom stereocenters. The van der Waals surface area contributed by atoms with Gasteiger partial charge in [-0.1, -0.05) is 17.7 Å². The number of nitrogens with zero attached hydrogens (tertiary/aromatic N) is 3. The summed E-state index contributed by atoms with van der Waals surface area (Å²) < 4.78 is 26.9. The Morgan fingerprint density at radius 2 is 1.68 bits per heavy atom. The third-order valence-corrected chi connectivity index (χ3v) is 4.85. The lowest BCUT2D eigenvalue weighted by molar-refractivity contribution is 0.601.